The Morgan fingerprint density at radius 1 is 1.42 bits per heavy atom. The molecule has 0 bridgehead atoms. The highest BCUT2D eigenvalue weighted by atomic mass is 16.2. The van der Waals surface area contributed by atoms with Crippen LogP contribution in [0.3, 0.4) is 0 Å². The Bertz CT molecular complexity index is 425. The second kappa shape index (κ2) is 4.48. The minimum absolute atomic E-state index is 0.102. The lowest BCUT2D eigenvalue weighted by atomic mass is 9.86. The van der Waals surface area contributed by atoms with Crippen molar-refractivity contribution in [1.29, 1.82) is 0 Å². The number of imide groups is 1. The molecule has 0 radical (unpaired) electrons. The van der Waals surface area contributed by atoms with Crippen molar-refractivity contribution in [2.45, 2.75) is 44.2 Å². The van der Waals surface area contributed by atoms with Crippen molar-refractivity contribution >= 4 is 17.8 Å². The molecule has 2 saturated heterocycles. The summed E-state index contributed by atoms with van der Waals surface area (Å²) >= 11 is 0. The Labute approximate surface area is 111 Å². The third-order valence-corrected chi connectivity index (χ3v) is 4.14. The molecule has 106 valence electrons. The van der Waals surface area contributed by atoms with Gasteiger partial charge in [0.15, 0.2) is 0 Å². The number of carbonyl (C=O) groups is 3. The van der Waals surface area contributed by atoms with Crippen LogP contribution in [0.5, 0.6) is 0 Å². The number of nitrogens with zero attached hydrogens (tertiary/aromatic N) is 1. The summed E-state index contributed by atoms with van der Waals surface area (Å²) in [7, 11) is 0. The average molecular weight is 268 g/mol. The quantitative estimate of drug-likeness (QED) is 0.577. The molecule has 1 unspecified atom stereocenters. The zero-order valence-electron chi connectivity index (χ0n) is 11.3. The van der Waals surface area contributed by atoms with Crippen LogP contribution in [0, 0.1) is 0 Å². The number of nitrogens with one attached hydrogen (secondary N) is 2. The maximum Gasteiger partial charge on any atom is 0.322 e. The summed E-state index contributed by atoms with van der Waals surface area (Å²) in [6.07, 6.45) is 1.41. The van der Waals surface area contributed by atoms with Gasteiger partial charge in [0.05, 0.1) is 5.54 Å². The SMILES string of the molecule is CCC(C)(N)C(=O)N1CCC2(CC1)NC(=O)NC2=O. The van der Waals surface area contributed by atoms with Crippen LogP contribution >= 0.6 is 0 Å². The molecule has 0 saturated carbocycles. The van der Waals surface area contributed by atoms with Gasteiger partial charge in [-0.05, 0) is 26.2 Å². The average Bonchev–Trinajstić information content (AvgIpc) is 2.64. The van der Waals surface area contributed by atoms with Crippen LogP contribution in [0.4, 0.5) is 4.79 Å². The third kappa shape index (κ3) is 2.30. The van der Waals surface area contributed by atoms with Gasteiger partial charge in [0, 0.05) is 13.1 Å². The first kappa shape index (κ1) is 13.8. The van der Waals surface area contributed by atoms with E-state index in [9.17, 15) is 14.4 Å². The number of hydrogen-bond acceptors (Lipinski definition) is 4. The standard InChI is InChI=1S/C12H20N4O3/c1-3-11(2,13)9(18)16-6-4-12(5-7-16)8(17)14-10(19)15-12/h3-7,13H2,1-2H3,(H2,14,15,17,19). The summed E-state index contributed by atoms with van der Waals surface area (Å²) in [5.41, 5.74) is 4.23. The van der Waals surface area contributed by atoms with Gasteiger partial charge in [-0.1, -0.05) is 6.92 Å². The molecular formula is C12H20N4O3. The number of rotatable bonds is 2. The van der Waals surface area contributed by atoms with Gasteiger partial charge in [-0.2, -0.15) is 0 Å². The fourth-order valence-corrected chi connectivity index (χ4v) is 2.48. The highest BCUT2D eigenvalue weighted by Crippen LogP contribution is 2.26. The van der Waals surface area contributed by atoms with Gasteiger partial charge in [-0.15, -0.1) is 0 Å². The number of hydrogen-bond donors (Lipinski definition) is 3. The van der Waals surface area contributed by atoms with Crippen LogP contribution in [-0.4, -0.2) is 46.9 Å². The van der Waals surface area contributed by atoms with E-state index in [1.54, 1.807) is 11.8 Å². The summed E-state index contributed by atoms with van der Waals surface area (Å²) in [6.45, 7) is 4.44. The topological polar surface area (TPSA) is 105 Å². The predicted octanol–water partition coefficient (Wildman–Crippen LogP) is -0.686. The van der Waals surface area contributed by atoms with Crippen LogP contribution in [0.15, 0.2) is 0 Å². The highest BCUT2D eigenvalue weighted by Gasteiger charge is 2.49. The van der Waals surface area contributed by atoms with Crippen molar-refractivity contribution in [1.82, 2.24) is 15.5 Å². The Morgan fingerprint density at radius 2 is 2.00 bits per heavy atom. The summed E-state index contributed by atoms with van der Waals surface area (Å²) < 4.78 is 0. The smallest absolute Gasteiger partial charge is 0.322 e. The van der Waals surface area contributed by atoms with E-state index in [1.807, 2.05) is 6.92 Å². The minimum Gasteiger partial charge on any atom is -0.341 e. The van der Waals surface area contributed by atoms with Crippen LogP contribution in [0.1, 0.15) is 33.1 Å². The number of amides is 4. The van der Waals surface area contributed by atoms with Gasteiger partial charge in [-0.25, -0.2) is 4.79 Å². The molecule has 1 spiro atoms. The zero-order valence-corrected chi connectivity index (χ0v) is 11.3. The fraction of sp³-hybridized carbons (Fsp3) is 0.750. The van der Waals surface area contributed by atoms with E-state index in [4.69, 9.17) is 5.73 Å². The molecule has 2 aliphatic rings. The van der Waals surface area contributed by atoms with Crippen molar-refractivity contribution in [3.63, 3.8) is 0 Å². The van der Waals surface area contributed by atoms with Crippen molar-refractivity contribution in [3.8, 4) is 0 Å². The first-order valence-electron chi connectivity index (χ1n) is 6.52. The lowest BCUT2D eigenvalue weighted by molar-refractivity contribution is -0.140. The number of likely N-dealkylation sites (tertiary alicyclic amines) is 1. The zero-order chi connectivity index (χ0) is 14.3. The first-order valence-corrected chi connectivity index (χ1v) is 6.52. The van der Waals surface area contributed by atoms with Crippen molar-refractivity contribution in [2.24, 2.45) is 5.73 Å². The Kier molecular flexibility index (Phi) is 3.25. The monoisotopic (exact) mass is 268 g/mol. The molecule has 7 heteroatoms. The lowest BCUT2D eigenvalue weighted by Crippen LogP contribution is -2.60. The highest BCUT2D eigenvalue weighted by molar-refractivity contribution is 6.07. The molecule has 7 nitrogen and oxygen atoms in total. The molecule has 0 aromatic heterocycles. The predicted molar refractivity (Wildman–Crippen MR) is 68.1 cm³/mol. The molecule has 4 amide bonds. The van der Waals surface area contributed by atoms with E-state index in [-0.39, 0.29) is 11.8 Å². The number of carbonyl (C=O) groups excluding carboxylic acids is 3. The van der Waals surface area contributed by atoms with Crippen LogP contribution in [0.2, 0.25) is 0 Å². The summed E-state index contributed by atoms with van der Waals surface area (Å²) in [6, 6.07) is -0.456. The van der Waals surface area contributed by atoms with E-state index in [2.05, 4.69) is 10.6 Å². The van der Waals surface area contributed by atoms with Gasteiger partial charge in [0.1, 0.15) is 5.54 Å². The largest absolute Gasteiger partial charge is 0.341 e. The molecule has 1 atom stereocenters. The molecule has 0 aromatic carbocycles. The van der Waals surface area contributed by atoms with Crippen LogP contribution in [-0.2, 0) is 9.59 Å². The van der Waals surface area contributed by atoms with E-state index in [0.29, 0.717) is 32.4 Å². The van der Waals surface area contributed by atoms with Gasteiger partial charge >= 0.3 is 6.03 Å². The van der Waals surface area contributed by atoms with Crippen molar-refractivity contribution < 1.29 is 14.4 Å². The summed E-state index contributed by atoms with van der Waals surface area (Å²) in [5, 5.41) is 4.91. The Morgan fingerprint density at radius 3 is 2.42 bits per heavy atom. The van der Waals surface area contributed by atoms with E-state index in [0.717, 1.165) is 0 Å². The molecule has 0 aromatic rings. The molecule has 2 rings (SSSR count). The number of urea groups is 1. The van der Waals surface area contributed by atoms with Crippen molar-refractivity contribution in [3.05, 3.63) is 0 Å². The van der Waals surface area contributed by atoms with E-state index in [1.165, 1.54) is 0 Å². The molecule has 19 heavy (non-hydrogen) atoms. The molecule has 2 aliphatic heterocycles. The molecule has 2 heterocycles. The molecule has 0 aliphatic carbocycles. The number of nitrogens with two attached hydrogens (primary N) is 1. The van der Waals surface area contributed by atoms with Gasteiger partial charge in [0.25, 0.3) is 5.91 Å². The normalized spacial score (nSPS) is 24.9. The summed E-state index contributed by atoms with van der Waals surface area (Å²) in [5.74, 6) is -0.398. The van der Waals surface area contributed by atoms with E-state index >= 15 is 0 Å². The van der Waals surface area contributed by atoms with Crippen LogP contribution < -0.4 is 16.4 Å². The molecular weight excluding hydrogens is 248 g/mol. The second-order valence-corrected chi connectivity index (χ2v) is 5.55. The number of piperidine rings is 1. The van der Waals surface area contributed by atoms with Gasteiger partial charge in [-0.3, -0.25) is 14.9 Å². The third-order valence-electron chi connectivity index (χ3n) is 4.14. The van der Waals surface area contributed by atoms with E-state index < -0.39 is 17.1 Å². The maximum absolute atomic E-state index is 12.2. The van der Waals surface area contributed by atoms with Gasteiger partial charge in [0.2, 0.25) is 5.91 Å². The lowest BCUT2D eigenvalue weighted by Gasteiger charge is -2.39. The van der Waals surface area contributed by atoms with Crippen LogP contribution in [0.25, 0.3) is 0 Å². The fourth-order valence-electron chi connectivity index (χ4n) is 2.48. The maximum atomic E-state index is 12.2. The van der Waals surface area contributed by atoms with Gasteiger partial charge < -0.3 is 16.0 Å². The second-order valence-electron chi connectivity index (χ2n) is 5.55. The van der Waals surface area contributed by atoms with Crippen molar-refractivity contribution in [2.75, 3.05) is 13.1 Å². The molecule has 2 fully saturated rings. The Balaban J connectivity index is 2.02. The summed E-state index contributed by atoms with van der Waals surface area (Å²) in [4.78, 5) is 36.9. The Hall–Kier alpha value is -1.63. The minimum atomic E-state index is -0.869. The molecule has 4 N–H and O–H groups in total. The first-order chi connectivity index (χ1) is 8.81.